The first-order valence-electron chi connectivity index (χ1n) is 5.80. The summed E-state index contributed by atoms with van der Waals surface area (Å²) >= 11 is 1.70. The van der Waals surface area contributed by atoms with Gasteiger partial charge in [-0.1, -0.05) is 6.07 Å². The maximum Gasteiger partial charge on any atom is 0.320 e. The SMILES string of the molecule is CN(Cc1cccs1)C(=O)N1CCCCC1. The fourth-order valence-corrected chi connectivity index (χ4v) is 2.79. The van der Waals surface area contributed by atoms with Gasteiger partial charge in [-0.15, -0.1) is 11.3 Å². The fraction of sp³-hybridized carbons (Fsp3) is 0.583. The second-order valence-corrected chi connectivity index (χ2v) is 5.30. The zero-order chi connectivity index (χ0) is 11.4. The van der Waals surface area contributed by atoms with Crippen molar-refractivity contribution in [2.75, 3.05) is 20.1 Å². The van der Waals surface area contributed by atoms with Crippen LogP contribution in [-0.2, 0) is 6.54 Å². The van der Waals surface area contributed by atoms with Gasteiger partial charge in [-0.2, -0.15) is 0 Å². The van der Waals surface area contributed by atoms with Crippen LogP contribution < -0.4 is 0 Å². The van der Waals surface area contributed by atoms with Gasteiger partial charge in [-0.25, -0.2) is 4.79 Å². The van der Waals surface area contributed by atoms with Gasteiger partial charge >= 0.3 is 6.03 Å². The number of likely N-dealkylation sites (tertiary alicyclic amines) is 1. The van der Waals surface area contributed by atoms with Gasteiger partial charge in [0.25, 0.3) is 0 Å². The molecule has 1 fully saturated rings. The van der Waals surface area contributed by atoms with E-state index in [4.69, 9.17) is 0 Å². The van der Waals surface area contributed by atoms with E-state index in [1.54, 1.807) is 11.3 Å². The number of carbonyl (C=O) groups excluding carboxylic acids is 1. The Kier molecular flexibility index (Phi) is 3.83. The predicted molar refractivity (Wildman–Crippen MR) is 66.6 cm³/mol. The van der Waals surface area contributed by atoms with Crippen molar-refractivity contribution >= 4 is 17.4 Å². The third-order valence-corrected chi connectivity index (χ3v) is 3.79. The number of piperidine rings is 1. The quantitative estimate of drug-likeness (QED) is 0.777. The van der Waals surface area contributed by atoms with E-state index in [1.807, 2.05) is 22.9 Å². The van der Waals surface area contributed by atoms with Crippen LogP contribution in [0.5, 0.6) is 0 Å². The fourth-order valence-electron chi connectivity index (χ4n) is 2.03. The molecule has 0 aliphatic carbocycles. The molecule has 3 nitrogen and oxygen atoms in total. The molecule has 1 aromatic rings. The molecule has 1 saturated heterocycles. The highest BCUT2D eigenvalue weighted by atomic mass is 32.1. The third-order valence-electron chi connectivity index (χ3n) is 2.93. The molecule has 0 aromatic carbocycles. The second kappa shape index (κ2) is 5.34. The van der Waals surface area contributed by atoms with E-state index in [1.165, 1.54) is 11.3 Å². The molecule has 0 spiro atoms. The number of amides is 2. The van der Waals surface area contributed by atoms with Crippen molar-refractivity contribution in [3.8, 4) is 0 Å². The van der Waals surface area contributed by atoms with Crippen LogP contribution in [0.25, 0.3) is 0 Å². The molecule has 2 rings (SSSR count). The Morgan fingerprint density at radius 1 is 1.44 bits per heavy atom. The van der Waals surface area contributed by atoms with Gasteiger partial charge in [0, 0.05) is 25.0 Å². The first-order valence-corrected chi connectivity index (χ1v) is 6.68. The summed E-state index contributed by atoms with van der Waals surface area (Å²) in [5, 5.41) is 2.05. The van der Waals surface area contributed by atoms with Crippen LogP contribution >= 0.6 is 11.3 Å². The van der Waals surface area contributed by atoms with Gasteiger partial charge in [-0.05, 0) is 30.7 Å². The van der Waals surface area contributed by atoms with Gasteiger partial charge < -0.3 is 9.80 Å². The molecule has 1 aliphatic heterocycles. The smallest absolute Gasteiger partial charge is 0.320 e. The Morgan fingerprint density at radius 2 is 2.19 bits per heavy atom. The molecule has 2 heterocycles. The van der Waals surface area contributed by atoms with Gasteiger partial charge in [-0.3, -0.25) is 0 Å². The van der Waals surface area contributed by atoms with Crippen molar-refractivity contribution in [3.05, 3.63) is 22.4 Å². The lowest BCUT2D eigenvalue weighted by Gasteiger charge is -2.30. The molecule has 1 aliphatic rings. The van der Waals surface area contributed by atoms with Gasteiger partial charge in [0.05, 0.1) is 6.54 Å². The Hall–Kier alpha value is -1.03. The third kappa shape index (κ3) is 2.76. The largest absolute Gasteiger partial charge is 0.325 e. The Labute approximate surface area is 101 Å². The van der Waals surface area contributed by atoms with Gasteiger partial charge in [0.15, 0.2) is 0 Å². The lowest BCUT2D eigenvalue weighted by Crippen LogP contribution is -2.43. The molecule has 4 heteroatoms. The molecular formula is C12H18N2OS. The lowest BCUT2D eigenvalue weighted by atomic mass is 10.1. The van der Waals surface area contributed by atoms with E-state index < -0.39 is 0 Å². The number of carbonyl (C=O) groups is 1. The van der Waals surface area contributed by atoms with E-state index >= 15 is 0 Å². The summed E-state index contributed by atoms with van der Waals surface area (Å²) < 4.78 is 0. The molecule has 0 saturated carbocycles. The average Bonchev–Trinajstić information content (AvgIpc) is 2.82. The van der Waals surface area contributed by atoms with Crippen LogP contribution in [0, 0.1) is 0 Å². The summed E-state index contributed by atoms with van der Waals surface area (Å²) in [4.78, 5) is 17.1. The minimum absolute atomic E-state index is 0.174. The highest BCUT2D eigenvalue weighted by Gasteiger charge is 2.19. The summed E-state index contributed by atoms with van der Waals surface area (Å²) in [7, 11) is 1.89. The molecule has 2 amide bonds. The van der Waals surface area contributed by atoms with E-state index in [0.29, 0.717) is 0 Å². The topological polar surface area (TPSA) is 23.6 Å². The Bertz CT molecular complexity index is 331. The van der Waals surface area contributed by atoms with Crippen molar-refractivity contribution in [1.82, 2.24) is 9.80 Å². The molecule has 1 aromatic heterocycles. The molecule has 0 unspecified atom stereocenters. The second-order valence-electron chi connectivity index (χ2n) is 4.27. The van der Waals surface area contributed by atoms with Crippen LogP contribution in [-0.4, -0.2) is 36.0 Å². The van der Waals surface area contributed by atoms with Crippen molar-refractivity contribution < 1.29 is 4.79 Å². The van der Waals surface area contributed by atoms with Crippen molar-refractivity contribution in [1.29, 1.82) is 0 Å². The van der Waals surface area contributed by atoms with Crippen molar-refractivity contribution in [2.24, 2.45) is 0 Å². The number of urea groups is 1. The average molecular weight is 238 g/mol. The number of rotatable bonds is 2. The zero-order valence-electron chi connectivity index (χ0n) is 9.69. The summed E-state index contributed by atoms with van der Waals surface area (Å²) in [6.45, 7) is 2.58. The first-order chi connectivity index (χ1) is 7.77. The number of hydrogen-bond donors (Lipinski definition) is 0. The van der Waals surface area contributed by atoms with E-state index in [9.17, 15) is 4.79 Å². The Balaban J connectivity index is 1.88. The van der Waals surface area contributed by atoms with Crippen molar-refractivity contribution in [2.45, 2.75) is 25.8 Å². The van der Waals surface area contributed by atoms with Crippen LogP contribution in [0.1, 0.15) is 24.1 Å². The molecule has 0 atom stereocenters. The van der Waals surface area contributed by atoms with E-state index in [2.05, 4.69) is 11.4 Å². The highest BCUT2D eigenvalue weighted by molar-refractivity contribution is 7.09. The number of nitrogens with zero attached hydrogens (tertiary/aromatic N) is 2. The van der Waals surface area contributed by atoms with Crippen LogP contribution in [0.4, 0.5) is 4.79 Å². The minimum atomic E-state index is 0.174. The summed E-state index contributed by atoms with van der Waals surface area (Å²) in [6.07, 6.45) is 3.57. The molecule has 88 valence electrons. The van der Waals surface area contributed by atoms with E-state index in [-0.39, 0.29) is 6.03 Å². The normalized spacial score (nSPS) is 16.2. The Morgan fingerprint density at radius 3 is 2.81 bits per heavy atom. The van der Waals surface area contributed by atoms with E-state index in [0.717, 1.165) is 32.5 Å². The zero-order valence-corrected chi connectivity index (χ0v) is 10.5. The minimum Gasteiger partial charge on any atom is -0.325 e. The standard InChI is InChI=1S/C12H18N2OS/c1-13(10-11-6-5-9-16-11)12(15)14-7-3-2-4-8-14/h5-6,9H,2-4,7-8,10H2,1H3. The molecule has 0 bridgehead atoms. The summed E-state index contributed by atoms with van der Waals surface area (Å²) in [6, 6.07) is 4.28. The summed E-state index contributed by atoms with van der Waals surface area (Å²) in [5.41, 5.74) is 0. The maximum atomic E-state index is 12.1. The predicted octanol–water partition coefficient (Wildman–Crippen LogP) is 2.79. The van der Waals surface area contributed by atoms with Crippen LogP contribution in [0.2, 0.25) is 0 Å². The lowest BCUT2D eigenvalue weighted by molar-refractivity contribution is 0.151. The number of hydrogen-bond acceptors (Lipinski definition) is 2. The van der Waals surface area contributed by atoms with Crippen LogP contribution in [0.3, 0.4) is 0 Å². The van der Waals surface area contributed by atoms with Crippen LogP contribution in [0.15, 0.2) is 17.5 Å². The van der Waals surface area contributed by atoms with Crippen molar-refractivity contribution in [3.63, 3.8) is 0 Å². The molecule has 16 heavy (non-hydrogen) atoms. The summed E-state index contributed by atoms with van der Waals surface area (Å²) in [5.74, 6) is 0. The van der Waals surface area contributed by atoms with Gasteiger partial charge in [0.2, 0.25) is 0 Å². The number of thiophene rings is 1. The van der Waals surface area contributed by atoms with Gasteiger partial charge in [0.1, 0.15) is 0 Å². The molecule has 0 radical (unpaired) electrons. The molecule has 0 N–H and O–H groups in total. The molecular weight excluding hydrogens is 220 g/mol. The highest BCUT2D eigenvalue weighted by Crippen LogP contribution is 2.14. The first kappa shape index (κ1) is 11.5. The maximum absolute atomic E-state index is 12.1. The monoisotopic (exact) mass is 238 g/mol.